The number of ketones is 1. The molecule has 2 rings (SSSR count). The van der Waals surface area contributed by atoms with Crippen molar-refractivity contribution in [1.82, 2.24) is 0 Å². The Morgan fingerprint density at radius 2 is 2.21 bits per heavy atom. The molecule has 19 heavy (non-hydrogen) atoms. The van der Waals surface area contributed by atoms with Crippen LogP contribution in [0.25, 0.3) is 0 Å². The number of ether oxygens (including phenoxy) is 2. The van der Waals surface area contributed by atoms with E-state index < -0.39 is 0 Å². The highest BCUT2D eigenvalue weighted by Gasteiger charge is 2.25. The van der Waals surface area contributed by atoms with E-state index in [2.05, 4.69) is 0 Å². The minimum absolute atomic E-state index is 0.0951. The summed E-state index contributed by atoms with van der Waals surface area (Å²) in [5.74, 6) is 0.477. The number of fused-ring (bicyclic) bond motifs is 1. The predicted octanol–water partition coefficient (Wildman–Crippen LogP) is 1.65. The molecule has 0 aliphatic carbocycles. The lowest BCUT2D eigenvalue weighted by Crippen LogP contribution is -2.37. The van der Waals surface area contributed by atoms with Gasteiger partial charge >= 0.3 is 5.97 Å². The van der Waals surface area contributed by atoms with Crippen molar-refractivity contribution in [3.8, 4) is 5.75 Å². The van der Waals surface area contributed by atoms with Gasteiger partial charge in [0.25, 0.3) is 0 Å². The fourth-order valence-electron chi connectivity index (χ4n) is 2.15. The molecule has 0 atom stereocenters. The van der Waals surface area contributed by atoms with Crippen molar-refractivity contribution in [1.29, 1.82) is 0 Å². The third-order valence-corrected chi connectivity index (χ3v) is 3.08. The van der Waals surface area contributed by atoms with Crippen molar-refractivity contribution in [3.63, 3.8) is 0 Å². The lowest BCUT2D eigenvalue weighted by Gasteiger charge is -2.29. The van der Waals surface area contributed by atoms with Gasteiger partial charge in [-0.25, -0.2) is 0 Å². The maximum Gasteiger partial charge on any atom is 0.325 e. The highest BCUT2D eigenvalue weighted by Crippen LogP contribution is 2.30. The van der Waals surface area contributed by atoms with E-state index in [1.807, 2.05) is 4.90 Å². The molecule has 0 unspecified atom stereocenters. The van der Waals surface area contributed by atoms with Crippen LogP contribution in [0, 0.1) is 0 Å². The van der Waals surface area contributed by atoms with E-state index in [-0.39, 0.29) is 18.3 Å². The van der Waals surface area contributed by atoms with Crippen LogP contribution in [0.4, 0.5) is 5.69 Å². The molecule has 1 aromatic carbocycles. The monoisotopic (exact) mass is 263 g/mol. The minimum Gasteiger partial charge on any atom is -0.497 e. The maximum atomic E-state index is 11.9. The first kappa shape index (κ1) is 13.4. The van der Waals surface area contributed by atoms with Gasteiger partial charge in [-0.2, -0.15) is 0 Å². The number of benzene rings is 1. The Hall–Kier alpha value is -2.04. The number of rotatable bonds is 4. The summed E-state index contributed by atoms with van der Waals surface area (Å²) in [6, 6.07) is 5.28. The topological polar surface area (TPSA) is 55.8 Å². The van der Waals surface area contributed by atoms with Crippen LogP contribution in [-0.4, -0.2) is 38.6 Å². The van der Waals surface area contributed by atoms with E-state index in [1.165, 1.54) is 0 Å². The number of nitrogens with zero attached hydrogens (tertiary/aromatic N) is 1. The second kappa shape index (κ2) is 5.73. The van der Waals surface area contributed by atoms with E-state index in [9.17, 15) is 9.59 Å². The van der Waals surface area contributed by atoms with Crippen molar-refractivity contribution < 1.29 is 19.1 Å². The highest BCUT2D eigenvalue weighted by atomic mass is 16.5. The smallest absolute Gasteiger partial charge is 0.325 e. The first-order chi connectivity index (χ1) is 9.15. The molecule has 5 heteroatoms. The summed E-state index contributed by atoms with van der Waals surface area (Å²) in [5, 5.41) is 0. The molecule has 0 fully saturated rings. The summed E-state index contributed by atoms with van der Waals surface area (Å²) in [5.41, 5.74) is 1.38. The minimum atomic E-state index is -0.286. The van der Waals surface area contributed by atoms with Crippen LogP contribution >= 0.6 is 0 Å². The van der Waals surface area contributed by atoms with E-state index >= 15 is 0 Å². The third-order valence-electron chi connectivity index (χ3n) is 3.08. The lowest BCUT2D eigenvalue weighted by molar-refractivity contribution is -0.141. The Morgan fingerprint density at radius 3 is 2.89 bits per heavy atom. The number of anilines is 1. The molecule has 0 aromatic heterocycles. The quantitative estimate of drug-likeness (QED) is 0.773. The van der Waals surface area contributed by atoms with Crippen LogP contribution < -0.4 is 9.64 Å². The molecule has 1 heterocycles. The molecule has 5 nitrogen and oxygen atoms in total. The van der Waals surface area contributed by atoms with E-state index in [1.54, 1.807) is 32.2 Å². The second-order valence-electron chi connectivity index (χ2n) is 4.28. The van der Waals surface area contributed by atoms with Crippen LogP contribution in [0.2, 0.25) is 0 Å². The van der Waals surface area contributed by atoms with Gasteiger partial charge in [0, 0.05) is 24.6 Å². The van der Waals surface area contributed by atoms with Gasteiger partial charge in [0.1, 0.15) is 12.3 Å². The molecular formula is C14H17NO4. The largest absolute Gasteiger partial charge is 0.497 e. The lowest BCUT2D eigenvalue weighted by atomic mass is 10.00. The maximum absolute atomic E-state index is 11.9. The third kappa shape index (κ3) is 2.86. The average molecular weight is 263 g/mol. The molecule has 0 saturated carbocycles. The first-order valence-electron chi connectivity index (χ1n) is 6.27. The second-order valence-corrected chi connectivity index (χ2v) is 4.28. The SMILES string of the molecule is CCOC(=O)CN1CCC(=O)c2ccc(OC)cc21. The zero-order chi connectivity index (χ0) is 13.8. The molecule has 0 saturated heterocycles. The van der Waals surface area contributed by atoms with Gasteiger partial charge in [0.15, 0.2) is 5.78 Å². The summed E-state index contributed by atoms with van der Waals surface area (Å²) in [6.45, 7) is 2.81. The van der Waals surface area contributed by atoms with Gasteiger partial charge in [-0.3, -0.25) is 9.59 Å². The molecule has 0 amide bonds. The average Bonchev–Trinajstić information content (AvgIpc) is 2.42. The standard InChI is InChI=1S/C14H17NO4/c1-3-19-14(17)9-15-7-6-13(16)11-5-4-10(18-2)8-12(11)15/h4-5,8H,3,6-7,9H2,1-2H3. The van der Waals surface area contributed by atoms with Crippen molar-refractivity contribution in [2.45, 2.75) is 13.3 Å². The Kier molecular flexibility index (Phi) is 4.04. The van der Waals surface area contributed by atoms with Crippen LogP contribution in [-0.2, 0) is 9.53 Å². The molecule has 1 aliphatic heterocycles. The normalized spacial score (nSPS) is 14.0. The number of hydrogen-bond donors (Lipinski definition) is 0. The summed E-state index contributed by atoms with van der Waals surface area (Å²) < 4.78 is 10.1. The number of carbonyl (C=O) groups excluding carboxylic acids is 2. The van der Waals surface area contributed by atoms with Crippen LogP contribution in [0.15, 0.2) is 18.2 Å². The number of Topliss-reactive ketones (excluding diaryl/α,β-unsaturated/α-hetero) is 1. The summed E-state index contributed by atoms with van der Waals surface area (Å²) in [6.07, 6.45) is 0.415. The Bertz CT molecular complexity index is 498. The predicted molar refractivity (Wildman–Crippen MR) is 70.8 cm³/mol. The molecule has 1 aromatic rings. The first-order valence-corrected chi connectivity index (χ1v) is 6.27. The highest BCUT2D eigenvalue weighted by molar-refractivity contribution is 6.04. The summed E-state index contributed by atoms with van der Waals surface area (Å²) in [4.78, 5) is 25.3. The van der Waals surface area contributed by atoms with Crippen LogP contribution in [0.5, 0.6) is 5.75 Å². The Balaban J connectivity index is 2.27. The summed E-state index contributed by atoms with van der Waals surface area (Å²) in [7, 11) is 1.57. The van der Waals surface area contributed by atoms with Crippen molar-refractivity contribution in [2.75, 3.05) is 31.7 Å². The molecule has 0 bridgehead atoms. The van der Waals surface area contributed by atoms with Gasteiger partial charge in [0.05, 0.1) is 19.4 Å². The number of hydrogen-bond acceptors (Lipinski definition) is 5. The molecule has 0 radical (unpaired) electrons. The zero-order valence-electron chi connectivity index (χ0n) is 11.1. The Labute approximate surface area is 112 Å². The van der Waals surface area contributed by atoms with Gasteiger partial charge in [-0.05, 0) is 19.1 Å². The molecule has 102 valence electrons. The van der Waals surface area contributed by atoms with Gasteiger partial charge in [-0.1, -0.05) is 0 Å². The number of carbonyl (C=O) groups is 2. The molecule has 1 aliphatic rings. The molecule has 0 spiro atoms. The fourth-order valence-corrected chi connectivity index (χ4v) is 2.15. The molecular weight excluding hydrogens is 246 g/mol. The number of methoxy groups -OCH3 is 1. The van der Waals surface area contributed by atoms with E-state index in [0.29, 0.717) is 30.9 Å². The van der Waals surface area contributed by atoms with Gasteiger partial charge in [-0.15, -0.1) is 0 Å². The number of esters is 1. The van der Waals surface area contributed by atoms with E-state index in [0.717, 1.165) is 5.69 Å². The van der Waals surface area contributed by atoms with Gasteiger partial charge < -0.3 is 14.4 Å². The fraction of sp³-hybridized carbons (Fsp3) is 0.429. The van der Waals surface area contributed by atoms with Crippen molar-refractivity contribution in [3.05, 3.63) is 23.8 Å². The Morgan fingerprint density at radius 1 is 1.42 bits per heavy atom. The van der Waals surface area contributed by atoms with Crippen LogP contribution in [0.1, 0.15) is 23.7 Å². The zero-order valence-corrected chi connectivity index (χ0v) is 11.1. The van der Waals surface area contributed by atoms with Crippen LogP contribution in [0.3, 0.4) is 0 Å². The van der Waals surface area contributed by atoms with Gasteiger partial charge in [0.2, 0.25) is 0 Å². The summed E-state index contributed by atoms with van der Waals surface area (Å²) >= 11 is 0. The van der Waals surface area contributed by atoms with Crippen molar-refractivity contribution >= 4 is 17.4 Å². The van der Waals surface area contributed by atoms with E-state index in [4.69, 9.17) is 9.47 Å². The van der Waals surface area contributed by atoms with Crippen molar-refractivity contribution in [2.24, 2.45) is 0 Å². The molecule has 0 N–H and O–H groups in total.